The SMILES string of the molecule is CCc1ccccc1NCCC(=O)Nc1cccc(C(F)(F)F)c1. The fourth-order valence-corrected chi connectivity index (χ4v) is 2.31. The highest BCUT2D eigenvalue weighted by molar-refractivity contribution is 5.91. The number of benzene rings is 2. The lowest BCUT2D eigenvalue weighted by Crippen LogP contribution is -2.17. The number of para-hydroxylation sites is 1. The van der Waals surface area contributed by atoms with Crippen molar-refractivity contribution in [2.75, 3.05) is 17.2 Å². The Bertz CT molecular complexity index is 699. The second kappa shape index (κ2) is 7.86. The topological polar surface area (TPSA) is 41.1 Å². The fourth-order valence-electron chi connectivity index (χ4n) is 2.31. The molecule has 3 nitrogen and oxygen atoms in total. The summed E-state index contributed by atoms with van der Waals surface area (Å²) in [5.41, 5.74) is 1.47. The molecule has 0 aliphatic heterocycles. The van der Waals surface area contributed by atoms with Crippen LogP contribution in [0.2, 0.25) is 0 Å². The molecule has 0 saturated carbocycles. The molecule has 2 N–H and O–H groups in total. The van der Waals surface area contributed by atoms with Crippen molar-refractivity contribution in [3.63, 3.8) is 0 Å². The van der Waals surface area contributed by atoms with Crippen LogP contribution >= 0.6 is 0 Å². The number of anilines is 2. The van der Waals surface area contributed by atoms with E-state index in [4.69, 9.17) is 0 Å². The Kier molecular flexibility index (Phi) is 5.84. The third-order valence-electron chi connectivity index (χ3n) is 3.54. The number of carbonyl (C=O) groups excluding carboxylic acids is 1. The Hall–Kier alpha value is -2.50. The van der Waals surface area contributed by atoms with E-state index in [0.29, 0.717) is 6.54 Å². The summed E-state index contributed by atoms with van der Waals surface area (Å²) in [6.45, 7) is 2.45. The quantitative estimate of drug-likeness (QED) is 0.802. The molecule has 0 aliphatic carbocycles. The standard InChI is InChI=1S/C18H19F3N2O/c1-2-13-6-3-4-9-16(13)22-11-10-17(24)23-15-8-5-7-14(12-15)18(19,20)21/h3-9,12,22H,2,10-11H2,1H3,(H,23,24). The molecule has 0 unspecified atom stereocenters. The Morgan fingerprint density at radius 1 is 1.08 bits per heavy atom. The van der Waals surface area contributed by atoms with Gasteiger partial charge in [0, 0.05) is 24.3 Å². The summed E-state index contributed by atoms with van der Waals surface area (Å²) >= 11 is 0. The predicted molar refractivity (Wildman–Crippen MR) is 89.0 cm³/mol. The van der Waals surface area contributed by atoms with Gasteiger partial charge in [0.2, 0.25) is 5.91 Å². The van der Waals surface area contributed by atoms with Crippen LogP contribution in [-0.2, 0) is 17.4 Å². The van der Waals surface area contributed by atoms with E-state index in [9.17, 15) is 18.0 Å². The number of hydrogen-bond donors (Lipinski definition) is 2. The molecule has 0 aliphatic rings. The first-order chi connectivity index (χ1) is 11.4. The molecule has 0 spiro atoms. The summed E-state index contributed by atoms with van der Waals surface area (Å²) in [5.74, 6) is -0.337. The van der Waals surface area contributed by atoms with Crippen LogP contribution in [0.5, 0.6) is 0 Å². The van der Waals surface area contributed by atoms with Crippen molar-refractivity contribution in [3.05, 3.63) is 59.7 Å². The first kappa shape index (κ1) is 17.8. The predicted octanol–water partition coefficient (Wildman–Crippen LogP) is 4.71. The minimum atomic E-state index is -4.42. The van der Waals surface area contributed by atoms with Crippen LogP contribution in [0.15, 0.2) is 48.5 Å². The van der Waals surface area contributed by atoms with Crippen molar-refractivity contribution in [3.8, 4) is 0 Å². The molecule has 24 heavy (non-hydrogen) atoms. The van der Waals surface area contributed by atoms with Crippen LogP contribution in [0.4, 0.5) is 24.5 Å². The van der Waals surface area contributed by atoms with Crippen LogP contribution in [0.3, 0.4) is 0 Å². The van der Waals surface area contributed by atoms with E-state index < -0.39 is 11.7 Å². The first-order valence-electron chi connectivity index (χ1n) is 7.69. The van der Waals surface area contributed by atoms with Crippen LogP contribution in [0, 0.1) is 0 Å². The molecular weight excluding hydrogens is 317 g/mol. The summed E-state index contributed by atoms with van der Waals surface area (Å²) in [6, 6.07) is 12.4. The molecule has 6 heteroatoms. The maximum atomic E-state index is 12.6. The molecule has 2 aromatic carbocycles. The van der Waals surface area contributed by atoms with Gasteiger partial charge in [0.05, 0.1) is 5.56 Å². The molecule has 0 saturated heterocycles. The first-order valence-corrected chi connectivity index (χ1v) is 7.69. The average molecular weight is 336 g/mol. The zero-order valence-corrected chi connectivity index (χ0v) is 13.3. The van der Waals surface area contributed by atoms with Gasteiger partial charge in [0.15, 0.2) is 0 Å². The van der Waals surface area contributed by atoms with Crippen molar-refractivity contribution in [2.45, 2.75) is 25.9 Å². The van der Waals surface area contributed by atoms with Crippen molar-refractivity contribution >= 4 is 17.3 Å². The Morgan fingerprint density at radius 3 is 2.54 bits per heavy atom. The van der Waals surface area contributed by atoms with E-state index in [1.54, 1.807) is 0 Å². The van der Waals surface area contributed by atoms with E-state index in [1.807, 2.05) is 31.2 Å². The van der Waals surface area contributed by atoms with Gasteiger partial charge in [-0.1, -0.05) is 31.2 Å². The van der Waals surface area contributed by atoms with E-state index in [1.165, 1.54) is 12.1 Å². The van der Waals surface area contributed by atoms with E-state index in [-0.39, 0.29) is 18.0 Å². The Balaban J connectivity index is 1.88. The van der Waals surface area contributed by atoms with Gasteiger partial charge in [-0.25, -0.2) is 0 Å². The molecule has 0 bridgehead atoms. The summed E-state index contributed by atoms with van der Waals surface area (Å²) in [6.07, 6.45) is -3.39. The monoisotopic (exact) mass is 336 g/mol. The molecular formula is C18H19F3N2O. The molecule has 0 atom stereocenters. The second-order valence-corrected chi connectivity index (χ2v) is 5.31. The largest absolute Gasteiger partial charge is 0.416 e. The third kappa shape index (κ3) is 5.01. The molecule has 2 aromatic rings. The van der Waals surface area contributed by atoms with Crippen molar-refractivity contribution in [1.82, 2.24) is 0 Å². The van der Waals surface area contributed by atoms with E-state index in [2.05, 4.69) is 10.6 Å². The minimum Gasteiger partial charge on any atom is -0.384 e. The summed E-state index contributed by atoms with van der Waals surface area (Å²) in [7, 11) is 0. The van der Waals surface area contributed by atoms with Crippen molar-refractivity contribution < 1.29 is 18.0 Å². The van der Waals surface area contributed by atoms with Gasteiger partial charge in [-0.15, -0.1) is 0 Å². The number of hydrogen-bond acceptors (Lipinski definition) is 2. The lowest BCUT2D eigenvalue weighted by molar-refractivity contribution is -0.137. The molecule has 0 radical (unpaired) electrons. The number of rotatable bonds is 6. The molecule has 128 valence electrons. The van der Waals surface area contributed by atoms with Gasteiger partial charge >= 0.3 is 6.18 Å². The number of aryl methyl sites for hydroxylation is 1. The van der Waals surface area contributed by atoms with Gasteiger partial charge < -0.3 is 10.6 Å². The molecule has 2 rings (SSSR count). The number of nitrogens with one attached hydrogen (secondary N) is 2. The minimum absolute atomic E-state index is 0.142. The van der Waals surface area contributed by atoms with Crippen LogP contribution in [0.25, 0.3) is 0 Å². The van der Waals surface area contributed by atoms with Gasteiger partial charge in [-0.3, -0.25) is 4.79 Å². The van der Waals surface area contributed by atoms with Crippen LogP contribution < -0.4 is 10.6 Å². The molecule has 1 amide bonds. The highest BCUT2D eigenvalue weighted by Crippen LogP contribution is 2.30. The Labute approximate surface area is 138 Å². The van der Waals surface area contributed by atoms with Crippen LogP contribution in [-0.4, -0.2) is 12.5 Å². The maximum absolute atomic E-state index is 12.6. The lowest BCUT2D eigenvalue weighted by atomic mass is 10.1. The number of alkyl halides is 3. The average Bonchev–Trinajstić information content (AvgIpc) is 2.55. The summed E-state index contributed by atoms with van der Waals surface area (Å²) < 4.78 is 37.9. The summed E-state index contributed by atoms with van der Waals surface area (Å²) in [5, 5.41) is 5.67. The number of carbonyl (C=O) groups is 1. The molecule has 0 heterocycles. The van der Waals surface area contributed by atoms with Gasteiger partial charge in [-0.05, 0) is 36.2 Å². The zero-order valence-electron chi connectivity index (χ0n) is 13.3. The van der Waals surface area contributed by atoms with Gasteiger partial charge in [0.25, 0.3) is 0 Å². The van der Waals surface area contributed by atoms with Crippen LogP contribution in [0.1, 0.15) is 24.5 Å². The lowest BCUT2D eigenvalue weighted by Gasteiger charge is -2.12. The summed E-state index contributed by atoms with van der Waals surface area (Å²) in [4.78, 5) is 11.9. The van der Waals surface area contributed by atoms with Crippen molar-refractivity contribution in [2.24, 2.45) is 0 Å². The fraction of sp³-hybridized carbons (Fsp3) is 0.278. The van der Waals surface area contributed by atoms with Crippen molar-refractivity contribution in [1.29, 1.82) is 0 Å². The number of halogens is 3. The molecule has 0 fully saturated rings. The highest BCUT2D eigenvalue weighted by Gasteiger charge is 2.30. The third-order valence-corrected chi connectivity index (χ3v) is 3.54. The zero-order chi connectivity index (χ0) is 17.6. The molecule has 0 aromatic heterocycles. The number of amides is 1. The van der Waals surface area contributed by atoms with E-state index in [0.717, 1.165) is 29.8 Å². The van der Waals surface area contributed by atoms with Gasteiger partial charge in [-0.2, -0.15) is 13.2 Å². The van der Waals surface area contributed by atoms with E-state index >= 15 is 0 Å². The maximum Gasteiger partial charge on any atom is 0.416 e. The normalized spacial score (nSPS) is 11.2. The smallest absolute Gasteiger partial charge is 0.384 e. The van der Waals surface area contributed by atoms with Gasteiger partial charge in [0.1, 0.15) is 0 Å². The highest BCUT2D eigenvalue weighted by atomic mass is 19.4. The second-order valence-electron chi connectivity index (χ2n) is 5.31. The Morgan fingerprint density at radius 2 is 1.83 bits per heavy atom.